The number of ether oxygens (including phenoxy) is 1. The Morgan fingerprint density at radius 1 is 1.26 bits per heavy atom. The van der Waals surface area contributed by atoms with Gasteiger partial charge in [0.2, 0.25) is 0 Å². The number of benzene rings is 1. The van der Waals surface area contributed by atoms with Gasteiger partial charge in [-0.1, -0.05) is 30.3 Å². The maximum atomic E-state index is 5.99. The number of piperidine rings is 1. The first-order valence-corrected chi connectivity index (χ1v) is 8.54. The zero-order valence-corrected chi connectivity index (χ0v) is 13.7. The van der Waals surface area contributed by atoms with Crippen LogP contribution in [0, 0.1) is 5.41 Å². The lowest BCUT2D eigenvalue weighted by atomic mass is 9.71. The van der Waals surface area contributed by atoms with Gasteiger partial charge in [0, 0.05) is 31.0 Å². The van der Waals surface area contributed by atoms with Crippen molar-refractivity contribution in [1.29, 1.82) is 0 Å². The van der Waals surface area contributed by atoms with Crippen LogP contribution in [0.2, 0.25) is 0 Å². The van der Waals surface area contributed by atoms with Crippen LogP contribution in [-0.4, -0.2) is 24.7 Å². The lowest BCUT2D eigenvalue weighted by Gasteiger charge is -2.42. The number of methoxy groups -OCH3 is 1. The summed E-state index contributed by atoms with van der Waals surface area (Å²) in [4.78, 5) is 4.25. The molecule has 23 heavy (non-hydrogen) atoms. The van der Waals surface area contributed by atoms with Crippen LogP contribution in [0.25, 0.3) is 0 Å². The minimum absolute atomic E-state index is 0.234. The largest absolute Gasteiger partial charge is 0.376 e. The van der Waals surface area contributed by atoms with Gasteiger partial charge in [0.25, 0.3) is 0 Å². The van der Waals surface area contributed by atoms with E-state index < -0.39 is 0 Å². The van der Waals surface area contributed by atoms with Gasteiger partial charge in [0.05, 0.1) is 6.10 Å². The number of fused-ring (bicyclic) bond motifs is 1. The molecule has 120 valence electrons. The average Bonchev–Trinajstić information content (AvgIpc) is 2.88. The van der Waals surface area contributed by atoms with Crippen molar-refractivity contribution in [2.24, 2.45) is 5.41 Å². The number of pyridine rings is 1. The van der Waals surface area contributed by atoms with Crippen LogP contribution in [0.3, 0.4) is 0 Å². The van der Waals surface area contributed by atoms with Crippen LogP contribution < -0.4 is 5.32 Å². The molecule has 1 saturated heterocycles. The molecule has 3 unspecified atom stereocenters. The first-order chi connectivity index (χ1) is 11.3. The molecule has 1 fully saturated rings. The van der Waals surface area contributed by atoms with Gasteiger partial charge in [-0.25, -0.2) is 0 Å². The summed E-state index contributed by atoms with van der Waals surface area (Å²) in [5.41, 5.74) is 4.43. The van der Waals surface area contributed by atoms with Crippen molar-refractivity contribution >= 4 is 0 Å². The second-order valence-corrected chi connectivity index (χ2v) is 7.02. The number of hydrogen-bond acceptors (Lipinski definition) is 3. The van der Waals surface area contributed by atoms with E-state index in [0.29, 0.717) is 6.04 Å². The van der Waals surface area contributed by atoms with Gasteiger partial charge >= 0.3 is 0 Å². The van der Waals surface area contributed by atoms with Gasteiger partial charge in [0.15, 0.2) is 0 Å². The monoisotopic (exact) mass is 308 g/mol. The number of aromatic nitrogens is 1. The quantitative estimate of drug-likeness (QED) is 0.944. The summed E-state index contributed by atoms with van der Waals surface area (Å²) in [6.45, 7) is 1.07. The lowest BCUT2D eigenvalue weighted by Crippen LogP contribution is -2.47. The second kappa shape index (κ2) is 6.06. The summed E-state index contributed by atoms with van der Waals surface area (Å²) >= 11 is 0. The van der Waals surface area contributed by atoms with Crippen LogP contribution in [0.5, 0.6) is 0 Å². The highest BCUT2D eigenvalue weighted by atomic mass is 16.5. The SMILES string of the molecule is COC1c2ccccc2CC12CCNC(Cc1cccnc1)C2. The topological polar surface area (TPSA) is 34.1 Å². The Kier molecular flexibility index (Phi) is 3.92. The molecule has 1 aliphatic heterocycles. The van der Waals surface area contributed by atoms with Gasteiger partial charge < -0.3 is 10.1 Å². The Morgan fingerprint density at radius 2 is 2.17 bits per heavy atom. The molecule has 0 saturated carbocycles. The van der Waals surface area contributed by atoms with E-state index >= 15 is 0 Å². The van der Waals surface area contributed by atoms with Gasteiger partial charge in [-0.05, 0) is 55.0 Å². The highest BCUT2D eigenvalue weighted by Gasteiger charge is 2.48. The van der Waals surface area contributed by atoms with E-state index in [2.05, 4.69) is 40.6 Å². The van der Waals surface area contributed by atoms with Crippen LogP contribution in [0.4, 0.5) is 0 Å². The highest BCUT2D eigenvalue weighted by Crippen LogP contribution is 2.53. The van der Waals surface area contributed by atoms with Gasteiger partial charge in [0.1, 0.15) is 0 Å². The number of nitrogens with zero attached hydrogens (tertiary/aromatic N) is 1. The molecular formula is C20H24N2O. The van der Waals surface area contributed by atoms with Gasteiger partial charge in [-0.2, -0.15) is 0 Å². The molecule has 4 rings (SSSR count). The lowest BCUT2D eigenvalue weighted by molar-refractivity contribution is -0.0290. The van der Waals surface area contributed by atoms with E-state index in [9.17, 15) is 0 Å². The van der Waals surface area contributed by atoms with E-state index in [1.54, 1.807) is 0 Å². The zero-order chi connectivity index (χ0) is 15.7. The van der Waals surface area contributed by atoms with Crippen LogP contribution in [-0.2, 0) is 17.6 Å². The zero-order valence-electron chi connectivity index (χ0n) is 13.7. The predicted molar refractivity (Wildman–Crippen MR) is 91.3 cm³/mol. The van der Waals surface area contributed by atoms with Crippen molar-refractivity contribution in [3.63, 3.8) is 0 Å². The van der Waals surface area contributed by atoms with Crippen LogP contribution in [0.15, 0.2) is 48.8 Å². The Bertz CT molecular complexity index is 672. The summed E-state index contributed by atoms with van der Waals surface area (Å²) in [6.07, 6.45) is 8.60. The minimum atomic E-state index is 0.234. The third kappa shape index (κ3) is 2.68. The summed E-state index contributed by atoms with van der Waals surface area (Å²) in [5.74, 6) is 0. The third-order valence-corrected chi connectivity index (χ3v) is 5.59. The van der Waals surface area contributed by atoms with E-state index in [1.807, 2.05) is 25.6 Å². The number of nitrogens with one attached hydrogen (secondary N) is 1. The second-order valence-electron chi connectivity index (χ2n) is 7.02. The molecule has 3 heteroatoms. The maximum Gasteiger partial charge on any atom is 0.0884 e. The summed E-state index contributed by atoms with van der Waals surface area (Å²) in [6, 6.07) is 13.5. The molecular weight excluding hydrogens is 284 g/mol. The predicted octanol–water partition coefficient (Wildman–Crippen LogP) is 3.31. The summed E-state index contributed by atoms with van der Waals surface area (Å²) in [7, 11) is 1.87. The van der Waals surface area contributed by atoms with E-state index in [-0.39, 0.29) is 11.5 Å². The van der Waals surface area contributed by atoms with Crippen molar-refractivity contribution in [1.82, 2.24) is 10.3 Å². The van der Waals surface area contributed by atoms with E-state index in [4.69, 9.17) is 4.74 Å². The fourth-order valence-electron chi connectivity index (χ4n) is 4.67. The first kappa shape index (κ1) is 14.9. The standard InChI is InChI=1S/C20H24N2O/c1-23-19-18-7-3-2-6-16(18)12-20(19)8-10-22-17(13-20)11-15-5-4-9-21-14-15/h2-7,9,14,17,19,22H,8,10-13H2,1H3. The molecule has 2 heterocycles. The Morgan fingerprint density at radius 3 is 3.00 bits per heavy atom. The Hall–Kier alpha value is -1.71. The van der Waals surface area contributed by atoms with Crippen molar-refractivity contribution in [3.05, 3.63) is 65.5 Å². The third-order valence-electron chi connectivity index (χ3n) is 5.59. The molecule has 1 aromatic heterocycles. The average molecular weight is 308 g/mol. The number of hydrogen-bond donors (Lipinski definition) is 1. The van der Waals surface area contributed by atoms with Gasteiger partial charge in [-0.15, -0.1) is 0 Å². The van der Waals surface area contributed by atoms with Crippen molar-refractivity contribution in [3.8, 4) is 0 Å². The molecule has 1 N–H and O–H groups in total. The molecule has 3 nitrogen and oxygen atoms in total. The Labute approximate surface area is 138 Å². The molecule has 2 aromatic rings. The molecule has 0 radical (unpaired) electrons. The molecule has 0 amide bonds. The minimum Gasteiger partial charge on any atom is -0.376 e. The number of rotatable bonds is 3. The van der Waals surface area contributed by atoms with Crippen molar-refractivity contribution < 1.29 is 4.74 Å². The first-order valence-electron chi connectivity index (χ1n) is 8.54. The van der Waals surface area contributed by atoms with Gasteiger partial charge in [-0.3, -0.25) is 4.98 Å². The molecule has 0 bridgehead atoms. The molecule has 1 aliphatic carbocycles. The van der Waals surface area contributed by atoms with Crippen LogP contribution in [0.1, 0.15) is 35.6 Å². The fourth-order valence-corrected chi connectivity index (χ4v) is 4.67. The summed E-state index contributed by atoms with van der Waals surface area (Å²) in [5, 5.41) is 3.71. The summed E-state index contributed by atoms with van der Waals surface area (Å²) < 4.78 is 5.99. The van der Waals surface area contributed by atoms with Crippen molar-refractivity contribution in [2.75, 3.05) is 13.7 Å². The molecule has 1 aromatic carbocycles. The fraction of sp³-hybridized carbons (Fsp3) is 0.450. The molecule has 3 atom stereocenters. The molecule has 1 spiro atoms. The normalized spacial score (nSPS) is 29.6. The smallest absolute Gasteiger partial charge is 0.0884 e. The molecule has 2 aliphatic rings. The highest BCUT2D eigenvalue weighted by molar-refractivity contribution is 5.37. The van der Waals surface area contributed by atoms with Crippen molar-refractivity contribution in [2.45, 2.75) is 37.8 Å². The Balaban J connectivity index is 1.57. The van der Waals surface area contributed by atoms with E-state index in [1.165, 1.54) is 23.1 Å². The van der Waals surface area contributed by atoms with Crippen LogP contribution >= 0.6 is 0 Å². The maximum absolute atomic E-state index is 5.99. The van der Waals surface area contributed by atoms with E-state index in [0.717, 1.165) is 25.8 Å².